The number of para-hydroxylation sites is 2. The van der Waals surface area contributed by atoms with E-state index in [1.807, 2.05) is 97.1 Å². The van der Waals surface area contributed by atoms with Gasteiger partial charge in [0.2, 0.25) is 0 Å². The lowest BCUT2D eigenvalue weighted by Gasteiger charge is -2.10. The van der Waals surface area contributed by atoms with Gasteiger partial charge in [-0.3, -0.25) is 0 Å². The first-order valence-electron chi connectivity index (χ1n) is 16.6. The highest BCUT2D eigenvalue weighted by Crippen LogP contribution is 2.40. The molecule has 5 nitrogen and oxygen atoms in total. The van der Waals surface area contributed by atoms with Crippen molar-refractivity contribution < 1.29 is 8.83 Å². The number of nitrogens with zero attached hydrogens (tertiary/aromatic N) is 3. The molecule has 0 aliphatic heterocycles. The SMILES string of the molecule is c1ccc(-c2nc(-c3ccc4oc5c(-c6ccccc6)cccc5c4c3)nc(-c3cc(-c4ccccc4)c4oc5ccccc5c4c3)n2)cc1. The van der Waals surface area contributed by atoms with Crippen LogP contribution in [0.5, 0.6) is 0 Å². The van der Waals surface area contributed by atoms with E-state index in [0.717, 1.165) is 82.8 Å². The third kappa shape index (κ3) is 4.67. The second kappa shape index (κ2) is 11.4. The fraction of sp³-hybridized carbons (Fsp3) is 0. The molecule has 3 heterocycles. The molecule has 7 aromatic carbocycles. The molecule has 0 spiro atoms. The maximum atomic E-state index is 6.48. The van der Waals surface area contributed by atoms with E-state index in [2.05, 4.69) is 66.7 Å². The first-order valence-corrected chi connectivity index (χ1v) is 16.6. The van der Waals surface area contributed by atoms with Crippen LogP contribution in [0.2, 0.25) is 0 Å². The standard InChI is InChI=1S/C45H27N3O2/c1-4-13-28(14-5-1)33-20-12-21-35-37-25-31(23-24-40(37)50-41(33)35)44-46-43(30-17-8-3-9-18-30)47-45(48-44)32-26-36(29-15-6-2-7-16-29)42-38(27-32)34-19-10-11-22-39(34)49-42/h1-27H. The van der Waals surface area contributed by atoms with Crippen LogP contribution in [-0.2, 0) is 0 Å². The fourth-order valence-electron chi connectivity index (χ4n) is 6.92. The lowest BCUT2D eigenvalue weighted by atomic mass is 9.98. The van der Waals surface area contributed by atoms with E-state index in [4.69, 9.17) is 23.8 Å². The third-order valence-electron chi connectivity index (χ3n) is 9.33. The van der Waals surface area contributed by atoms with Crippen LogP contribution in [0.25, 0.3) is 100 Å². The van der Waals surface area contributed by atoms with Gasteiger partial charge in [-0.15, -0.1) is 0 Å². The first-order chi connectivity index (χ1) is 24.8. The van der Waals surface area contributed by atoms with Crippen LogP contribution in [0.1, 0.15) is 0 Å². The molecule has 234 valence electrons. The summed E-state index contributed by atoms with van der Waals surface area (Å²) in [6.45, 7) is 0. The molecule has 10 aromatic rings. The smallest absolute Gasteiger partial charge is 0.164 e. The number of aromatic nitrogens is 3. The molecule has 0 atom stereocenters. The second-order valence-corrected chi connectivity index (χ2v) is 12.4. The Morgan fingerprint density at radius 3 is 1.54 bits per heavy atom. The van der Waals surface area contributed by atoms with Crippen LogP contribution in [0.3, 0.4) is 0 Å². The largest absolute Gasteiger partial charge is 0.455 e. The quantitative estimate of drug-likeness (QED) is 0.187. The van der Waals surface area contributed by atoms with Gasteiger partial charge >= 0.3 is 0 Å². The van der Waals surface area contributed by atoms with Crippen LogP contribution in [-0.4, -0.2) is 15.0 Å². The van der Waals surface area contributed by atoms with Gasteiger partial charge in [-0.25, -0.2) is 15.0 Å². The van der Waals surface area contributed by atoms with Crippen LogP contribution in [0.15, 0.2) is 173 Å². The Hall–Kier alpha value is -6.85. The zero-order valence-electron chi connectivity index (χ0n) is 26.7. The molecule has 0 bridgehead atoms. The number of fused-ring (bicyclic) bond motifs is 6. The zero-order chi connectivity index (χ0) is 33.0. The van der Waals surface area contributed by atoms with Crippen LogP contribution < -0.4 is 0 Å². The van der Waals surface area contributed by atoms with Gasteiger partial charge in [-0.05, 0) is 47.5 Å². The van der Waals surface area contributed by atoms with Crippen LogP contribution >= 0.6 is 0 Å². The first kappa shape index (κ1) is 28.2. The maximum absolute atomic E-state index is 6.48. The normalized spacial score (nSPS) is 11.6. The molecule has 0 aliphatic rings. The van der Waals surface area contributed by atoms with Gasteiger partial charge in [-0.2, -0.15) is 0 Å². The van der Waals surface area contributed by atoms with E-state index in [-0.39, 0.29) is 0 Å². The van der Waals surface area contributed by atoms with Crippen LogP contribution in [0, 0.1) is 0 Å². The van der Waals surface area contributed by atoms with Crippen molar-refractivity contribution in [3.63, 3.8) is 0 Å². The van der Waals surface area contributed by atoms with E-state index in [1.54, 1.807) is 0 Å². The average molecular weight is 642 g/mol. The minimum atomic E-state index is 0.585. The predicted molar refractivity (Wildman–Crippen MR) is 202 cm³/mol. The maximum Gasteiger partial charge on any atom is 0.164 e. The molecule has 0 N–H and O–H groups in total. The predicted octanol–water partition coefficient (Wildman–Crippen LogP) is 12.0. The number of hydrogen-bond donors (Lipinski definition) is 0. The molecule has 0 saturated heterocycles. The van der Waals surface area contributed by atoms with Crippen LogP contribution in [0.4, 0.5) is 0 Å². The summed E-state index contributed by atoms with van der Waals surface area (Å²) in [5.74, 6) is 1.77. The average Bonchev–Trinajstić information content (AvgIpc) is 3.76. The molecule has 0 aliphatic carbocycles. The van der Waals surface area contributed by atoms with E-state index in [0.29, 0.717) is 17.5 Å². The highest BCUT2D eigenvalue weighted by atomic mass is 16.3. The van der Waals surface area contributed by atoms with E-state index < -0.39 is 0 Å². The van der Waals surface area contributed by atoms with Gasteiger partial charge in [0, 0.05) is 49.4 Å². The fourth-order valence-corrected chi connectivity index (χ4v) is 6.92. The van der Waals surface area contributed by atoms with Crippen molar-refractivity contribution >= 4 is 43.9 Å². The molecule has 0 amide bonds. The molecule has 0 saturated carbocycles. The molecule has 3 aromatic heterocycles. The number of benzene rings is 7. The van der Waals surface area contributed by atoms with Crippen molar-refractivity contribution in [3.05, 3.63) is 164 Å². The van der Waals surface area contributed by atoms with Crippen molar-refractivity contribution in [1.82, 2.24) is 15.0 Å². The number of hydrogen-bond acceptors (Lipinski definition) is 5. The Morgan fingerprint density at radius 2 is 0.820 bits per heavy atom. The monoisotopic (exact) mass is 641 g/mol. The molecule has 10 rings (SSSR count). The number of rotatable bonds is 5. The lowest BCUT2D eigenvalue weighted by Crippen LogP contribution is -2.00. The summed E-state index contributed by atoms with van der Waals surface area (Å²) in [6, 6.07) is 55.6. The lowest BCUT2D eigenvalue weighted by molar-refractivity contribution is 0.669. The number of furan rings is 2. The van der Waals surface area contributed by atoms with E-state index >= 15 is 0 Å². The summed E-state index contributed by atoms with van der Waals surface area (Å²) in [6.07, 6.45) is 0. The van der Waals surface area contributed by atoms with E-state index in [9.17, 15) is 0 Å². The van der Waals surface area contributed by atoms with Crippen molar-refractivity contribution in [3.8, 4) is 56.4 Å². The summed E-state index contributed by atoms with van der Waals surface area (Å²) in [4.78, 5) is 15.3. The molecular weight excluding hydrogens is 615 g/mol. The Balaban J connectivity index is 1.20. The second-order valence-electron chi connectivity index (χ2n) is 12.4. The summed E-state index contributed by atoms with van der Waals surface area (Å²) >= 11 is 0. The Labute approximate surface area is 287 Å². The Bertz CT molecular complexity index is 2860. The minimum absolute atomic E-state index is 0.585. The minimum Gasteiger partial charge on any atom is -0.455 e. The van der Waals surface area contributed by atoms with Crippen molar-refractivity contribution in [2.75, 3.05) is 0 Å². The molecule has 0 unspecified atom stereocenters. The summed E-state index contributed by atoms with van der Waals surface area (Å²) in [5.41, 5.74) is 10.3. The summed E-state index contributed by atoms with van der Waals surface area (Å²) < 4.78 is 12.9. The van der Waals surface area contributed by atoms with E-state index in [1.165, 1.54) is 0 Å². The molecule has 0 radical (unpaired) electrons. The van der Waals surface area contributed by atoms with Crippen molar-refractivity contribution in [2.45, 2.75) is 0 Å². The van der Waals surface area contributed by atoms with Crippen molar-refractivity contribution in [1.29, 1.82) is 0 Å². The topological polar surface area (TPSA) is 65.0 Å². The highest BCUT2D eigenvalue weighted by Gasteiger charge is 2.19. The van der Waals surface area contributed by atoms with Gasteiger partial charge in [0.15, 0.2) is 17.5 Å². The highest BCUT2D eigenvalue weighted by molar-refractivity contribution is 6.12. The van der Waals surface area contributed by atoms with Gasteiger partial charge in [-0.1, -0.05) is 127 Å². The molecule has 50 heavy (non-hydrogen) atoms. The molecular formula is C45H27N3O2. The van der Waals surface area contributed by atoms with Gasteiger partial charge in [0.1, 0.15) is 22.3 Å². The third-order valence-corrected chi connectivity index (χ3v) is 9.33. The summed E-state index contributed by atoms with van der Waals surface area (Å²) in [7, 11) is 0. The van der Waals surface area contributed by atoms with Gasteiger partial charge in [0.25, 0.3) is 0 Å². The zero-order valence-corrected chi connectivity index (χ0v) is 26.7. The van der Waals surface area contributed by atoms with Gasteiger partial charge < -0.3 is 8.83 Å². The van der Waals surface area contributed by atoms with Crippen molar-refractivity contribution in [2.24, 2.45) is 0 Å². The summed E-state index contributed by atoms with van der Waals surface area (Å²) in [5, 5.41) is 4.12. The molecule has 5 heteroatoms. The Kier molecular flexibility index (Phi) is 6.42. The van der Waals surface area contributed by atoms with Gasteiger partial charge in [0.05, 0.1) is 0 Å². The Morgan fingerprint density at radius 1 is 0.300 bits per heavy atom. The molecule has 0 fully saturated rings.